The third-order valence-corrected chi connectivity index (χ3v) is 6.02. The minimum absolute atomic E-state index is 0.156. The minimum atomic E-state index is 0.156. The van der Waals surface area contributed by atoms with E-state index in [4.69, 9.17) is 18.7 Å². The largest absolute Gasteiger partial charge is 0.504 e. The third kappa shape index (κ3) is 4.05. The highest BCUT2D eigenvalue weighted by Gasteiger charge is 2.26. The van der Waals surface area contributed by atoms with Gasteiger partial charge in [-0.2, -0.15) is 0 Å². The van der Waals surface area contributed by atoms with Gasteiger partial charge in [0.1, 0.15) is 5.69 Å². The van der Waals surface area contributed by atoms with Crippen LogP contribution in [-0.4, -0.2) is 35.6 Å². The van der Waals surface area contributed by atoms with Crippen LogP contribution in [-0.2, 0) is 6.54 Å². The summed E-state index contributed by atoms with van der Waals surface area (Å²) < 4.78 is 21.9. The molecule has 0 radical (unpaired) electrons. The topological polar surface area (TPSA) is 77.2 Å². The number of hydrogen-bond acceptors (Lipinski definition) is 7. The first-order valence-corrected chi connectivity index (χ1v) is 10.7. The minimum Gasteiger partial charge on any atom is -0.504 e. The molecule has 7 heteroatoms. The van der Waals surface area contributed by atoms with Crippen LogP contribution in [0.3, 0.4) is 0 Å². The van der Waals surface area contributed by atoms with Crippen molar-refractivity contribution in [1.82, 2.24) is 10.1 Å². The zero-order valence-electron chi connectivity index (χ0n) is 17.5. The lowest BCUT2D eigenvalue weighted by molar-refractivity contribution is 0.174. The number of methoxy groups -OCH3 is 1. The quantitative estimate of drug-likeness (QED) is 0.626. The molecule has 1 aromatic heterocycles. The number of phenolic OH excluding ortho intramolecular Hbond substituents is 1. The molecule has 0 bridgehead atoms. The molecule has 0 spiro atoms. The molecule has 7 nitrogen and oxygen atoms in total. The molecule has 0 saturated carbocycles. The lowest BCUT2D eigenvalue weighted by atomic mass is 10.0. The first-order chi connectivity index (χ1) is 15.2. The van der Waals surface area contributed by atoms with Crippen molar-refractivity contribution in [3.8, 4) is 34.3 Å². The number of aromatic nitrogens is 1. The van der Waals surface area contributed by atoms with E-state index in [1.54, 1.807) is 13.2 Å². The van der Waals surface area contributed by atoms with Crippen molar-refractivity contribution >= 4 is 0 Å². The summed E-state index contributed by atoms with van der Waals surface area (Å²) in [5.41, 5.74) is 2.97. The first kappa shape index (κ1) is 19.8. The molecule has 31 heavy (non-hydrogen) atoms. The molecule has 1 saturated heterocycles. The molecule has 162 valence electrons. The van der Waals surface area contributed by atoms with Crippen molar-refractivity contribution in [2.75, 3.05) is 20.4 Å². The Labute approximate surface area is 181 Å². The van der Waals surface area contributed by atoms with Crippen LogP contribution in [0.4, 0.5) is 0 Å². The maximum atomic E-state index is 9.91. The molecule has 5 rings (SSSR count). The van der Waals surface area contributed by atoms with Gasteiger partial charge in [0.25, 0.3) is 0 Å². The summed E-state index contributed by atoms with van der Waals surface area (Å²) in [5, 5.41) is 14.3. The van der Waals surface area contributed by atoms with Crippen molar-refractivity contribution < 1.29 is 23.8 Å². The van der Waals surface area contributed by atoms with Gasteiger partial charge in [-0.15, -0.1) is 0 Å². The molecule has 0 unspecified atom stereocenters. The maximum absolute atomic E-state index is 9.91. The summed E-state index contributed by atoms with van der Waals surface area (Å²) in [5.74, 6) is 2.86. The van der Waals surface area contributed by atoms with E-state index in [0.29, 0.717) is 5.75 Å². The van der Waals surface area contributed by atoms with Gasteiger partial charge in [0, 0.05) is 18.2 Å². The Morgan fingerprint density at radius 1 is 1.06 bits per heavy atom. The van der Waals surface area contributed by atoms with Crippen molar-refractivity contribution in [2.24, 2.45) is 0 Å². The van der Waals surface area contributed by atoms with Crippen LogP contribution in [0.2, 0.25) is 0 Å². The van der Waals surface area contributed by atoms with Crippen molar-refractivity contribution in [3.05, 3.63) is 53.7 Å². The van der Waals surface area contributed by atoms with Crippen LogP contribution in [0.25, 0.3) is 11.3 Å². The van der Waals surface area contributed by atoms with E-state index in [9.17, 15) is 5.11 Å². The summed E-state index contributed by atoms with van der Waals surface area (Å²) in [4.78, 5) is 2.44. The highest BCUT2D eigenvalue weighted by atomic mass is 16.7. The van der Waals surface area contributed by atoms with Gasteiger partial charge in [-0.25, -0.2) is 0 Å². The Morgan fingerprint density at radius 3 is 2.87 bits per heavy atom. The number of benzene rings is 2. The highest BCUT2D eigenvalue weighted by Crippen LogP contribution is 2.38. The Balaban J connectivity index is 1.39. The fraction of sp³-hybridized carbons (Fsp3) is 0.375. The molecule has 2 aromatic carbocycles. The molecule has 3 heterocycles. The van der Waals surface area contributed by atoms with E-state index < -0.39 is 0 Å². The number of ether oxygens (including phenoxy) is 3. The van der Waals surface area contributed by atoms with Crippen molar-refractivity contribution in [3.63, 3.8) is 0 Å². The normalized spacial score (nSPS) is 18.7. The number of hydrogen-bond donors (Lipinski definition) is 1. The standard InChI is InChI=1S/C24H26N2O5/c1-28-23-11-16(6-8-20(23)27)14-26-10-4-2-3-5-19(26)18-13-22(31-25-18)17-7-9-21-24(12-17)30-15-29-21/h6-9,11-13,19,27H,2-5,10,14-15H2,1H3/t19-/m0/s1. The fourth-order valence-electron chi connectivity index (χ4n) is 4.38. The van der Waals surface area contributed by atoms with E-state index >= 15 is 0 Å². The van der Waals surface area contributed by atoms with E-state index in [1.165, 1.54) is 6.42 Å². The fourth-order valence-corrected chi connectivity index (χ4v) is 4.38. The van der Waals surface area contributed by atoms with Crippen LogP contribution in [0, 0.1) is 0 Å². The van der Waals surface area contributed by atoms with E-state index in [0.717, 1.165) is 66.4 Å². The zero-order chi connectivity index (χ0) is 21.2. The maximum Gasteiger partial charge on any atom is 0.231 e. The summed E-state index contributed by atoms with van der Waals surface area (Å²) in [7, 11) is 1.57. The van der Waals surface area contributed by atoms with Gasteiger partial charge >= 0.3 is 0 Å². The molecular weight excluding hydrogens is 396 g/mol. The second-order valence-corrected chi connectivity index (χ2v) is 8.03. The molecule has 1 N–H and O–H groups in total. The van der Waals surface area contributed by atoms with Crippen LogP contribution in [0.15, 0.2) is 47.0 Å². The Hall–Kier alpha value is -3.19. The van der Waals surface area contributed by atoms with Crippen LogP contribution in [0.1, 0.15) is 43.0 Å². The number of rotatable bonds is 5. The molecule has 0 amide bonds. The molecule has 2 aliphatic rings. The first-order valence-electron chi connectivity index (χ1n) is 10.7. The molecule has 1 atom stereocenters. The predicted octanol–water partition coefficient (Wildman–Crippen LogP) is 4.90. The third-order valence-electron chi connectivity index (χ3n) is 6.02. The average molecular weight is 422 g/mol. The van der Waals surface area contributed by atoms with Gasteiger partial charge in [0.15, 0.2) is 28.8 Å². The highest BCUT2D eigenvalue weighted by molar-refractivity contribution is 5.63. The van der Waals surface area contributed by atoms with Gasteiger partial charge in [0.05, 0.1) is 13.2 Å². The van der Waals surface area contributed by atoms with Crippen molar-refractivity contribution in [1.29, 1.82) is 0 Å². The van der Waals surface area contributed by atoms with Gasteiger partial charge < -0.3 is 23.8 Å². The number of likely N-dealkylation sites (tertiary alicyclic amines) is 1. The predicted molar refractivity (Wildman–Crippen MR) is 114 cm³/mol. The molecule has 0 aliphatic carbocycles. The summed E-state index contributed by atoms with van der Waals surface area (Å²) in [6.07, 6.45) is 4.55. The number of phenols is 1. The van der Waals surface area contributed by atoms with Gasteiger partial charge in [-0.05, 0) is 55.3 Å². The second-order valence-electron chi connectivity index (χ2n) is 8.03. The summed E-state index contributed by atoms with van der Waals surface area (Å²) >= 11 is 0. The van der Waals surface area contributed by atoms with E-state index in [1.807, 2.05) is 36.4 Å². The summed E-state index contributed by atoms with van der Waals surface area (Å²) in [6.45, 7) is 1.99. The zero-order valence-corrected chi connectivity index (χ0v) is 17.5. The molecule has 2 aliphatic heterocycles. The lowest BCUT2D eigenvalue weighted by Gasteiger charge is -2.28. The number of aromatic hydroxyl groups is 1. The van der Waals surface area contributed by atoms with E-state index in [2.05, 4.69) is 10.1 Å². The molecule has 3 aromatic rings. The molecular formula is C24H26N2O5. The molecule has 1 fully saturated rings. The lowest BCUT2D eigenvalue weighted by Crippen LogP contribution is -2.28. The monoisotopic (exact) mass is 422 g/mol. The second kappa shape index (κ2) is 8.51. The van der Waals surface area contributed by atoms with Crippen LogP contribution in [0.5, 0.6) is 23.0 Å². The van der Waals surface area contributed by atoms with Gasteiger partial charge in [0.2, 0.25) is 6.79 Å². The Bertz CT molecular complexity index is 1060. The Kier molecular flexibility index (Phi) is 5.42. The smallest absolute Gasteiger partial charge is 0.231 e. The van der Waals surface area contributed by atoms with Crippen molar-refractivity contribution in [2.45, 2.75) is 38.3 Å². The summed E-state index contributed by atoms with van der Waals surface area (Å²) in [6, 6.07) is 13.5. The number of fused-ring (bicyclic) bond motifs is 1. The van der Waals surface area contributed by atoms with Gasteiger partial charge in [-0.1, -0.05) is 24.1 Å². The SMILES string of the molecule is COc1cc(CN2CCCCC[C@H]2c2cc(-c3ccc4c(c3)OCO4)on2)ccc1O. The number of nitrogens with zero attached hydrogens (tertiary/aromatic N) is 2. The van der Waals surface area contributed by atoms with Gasteiger partial charge in [-0.3, -0.25) is 4.90 Å². The Morgan fingerprint density at radius 2 is 1.97 bits per heavy atom. The van der Waals surface area contributed by atoms with Crippen LogP contribution >= 0.6 is 0 Å². The van der Waals surface area contributed by atoms with E-state index in [-0.39, 0.29) is 18.6 Å². The van der Waals surface area contributed by atoms with Crippen LogP contribution < -0.4 is 14.2 Å². The average Bonchev–Trinajstić information content (AvgIpc) is 3.40.